The summed E-state index contributed by atoms with van der Waals surface area (Å²) < 4.78 is 13.5. The highest BCUT2D eigenvalue weighted by Crippen LogP contribution is 2.26. The number of halogens is 3. The number of nitrogens with zero attached hydrogens (tertiary/aromatic N) is 2. The lowest BCUT2D eigenvalue weighted by molar-refractivity contribution is 0.622. The molecule has 1 aromatic heterocycles. The van der Waals surface area contributed by atoms with E-state index in [1.165, 1.54) is 6.07 Å². The molecule has 0 aliphatic heterocycles. The van der Waals surface area contributed by atoms with Crippen molar-refractivity contribution in [2.75, 3.05) is 0 Å². The molecule has 0 radical (unpaired) electrons. The van der Waals surface area contributed by atoms with E-state index in [9.17, 15) is 4.39 Å². The highest BCUT2D eigenvalue weighted by Gasteiger charge is 2.07. The highest BCUT2D eigenvalue weighted by atomic mass is 79.9. The first-order valence-electron chi connectivity index (χ1n) is 3.87. The summed E-state index contributed by atoms with van der Waals surface area (Å²) in [4.78, 5) is 8.07. The van der Waals surface area contributed by atoms with Gasteiger partial charge in [0.05, 0.1) is 9.99 Å². The Morgan fingerprint density at radius 1 is 1.36 bits per heavy atom. The van der Waals surface area contributed by atoms with Crippen molar-refractivity contribution in [2.45, 2.75) is 6.92 Å². The number of aryl methyl sites for hydroxylation is 1. The fourth-order valence-corrected chi connectivity index (χ4v) is 1.81. The number of hydrogen-bond donors (Lipinski definition) is 0. The molecule has 0 bridgehead atoms. The number of rotatable bonds is 0. The largest absolute Gasteiger partial charge is 0.233 e. The third kappa shape index (κ3) is 1.60. The van der Waals surface area contributed by atoms with Crippen LogP contribution >= 0.6 is 27.5 Å². The second-order valence-corrected chi connectivity index (χ2v) is 4.06. The fraction of sp³-hybridized carbons (Fsp3) is 0.111. The van der Waals surface area contributed by atoms with Crippen LogP contribution in [-0.2, 0) is 0 Å². The Hall–Kier alpha value is -0.740. The van der Waals surface area contributed by atoms with E-state index in [1.807, 2.05) is 0 Å². The minimum Gasteiger partial charge on any atom is -0.233 e. The van der Waals surface area contributed by atoms with Crippen LogP contribution in [0.3, 0.4) is 0 Å². The van der Waals surface area contributed by atoms with Gasteiger partial charge in [-0.3, -0.25) is 0 Å². The molecule has 0 spiro atoms. The summed E-state index contributed by atoms with van der Waals surface area (Å²) in [5, 5.41) is 0.985. The third-order valence-electron chi connectivity index (χ3n) is 1.80. The number of aromatic nitrogens is 2. The van der Waals surface area contributed by atoms with Gasteiger partial charge in [0.25, 0.3) is 0 Å². The molecule has 0 N–H and O–H groups in total. The average molecular weight is 276 g/mol. The first kappa shape index (κ1) is 9.80. The van der Waals surface area contributed by atoms with Crippen LogP contribution in [0, 0.1) is 12.7 Å². The molecule has 2 rings (SSSR count). The maximum absolute atomic E-state index is 13.2. The standard InChI is InChI=1S/C9H5BrClFN2/c1-4-13-8-3-7(12)6(10)2-5(8)9(11)14-4/h2-3H,1H3. The van der Waals surface area contributed by atoms with Gasteiger partial charge in [-0.2, -0.15) is 0 Å². The van der Waals surface area contributed by atoms with E-state index in [-0.39, 0.29) is 5.82 Å². The van der Waals surface area contributed by atoms with Crippen molar-refractivity contribution < 1.29 is 4.39 Å². The summed E-state index contributed by atoms with van der Waals surface area (Å²) in [6.45, 7) is 1.71. The van der Waals surface area contributed by atoms with Crippen LogP contribution in [-0.4, -0.2) is 9.97 Å². The topological polar surface area (TPSA) is 25.8 Å². The Kier molecular flexibility index (Phi) is 2.41. The Labute approximate surface area is 93.3 Å². The van der Waals surface area contributed by atoms with E-state index in [0.717, 1.165) is 0 Å². The maximum Gasteiger partial charge on any atom is 0.140 e. The second-order valence-electron chi connectivity index (χ2n) is 2.85. The van der Waals surface area contributed by atoms with Gasteiger partial charge in [-0.05, 0) is 28.9 Å². The maximum atomic E-state index is 13.2. The zero-order valence-electron chi connectivity index (χ0n) is 7.18. The molecule has 2 aromatic rings. The first-order chi connectivity index (χ1) is 6.58. The van der Waals surface area contributed by atoms with Crippen molar-refractivity contribution in [1.82, 2.24) is 9.97 Å². The van der Waals surface area contributed by atoms with Crippen molar-refractivity contribution in [3.05, 3.63) is 33.4 Å². The highest BCUT2D eigenvalue weighted by molar-refractivity contribution is 9.10. The molecule has 5 heteroatoms. The molecular weight excluding hydrogens is 270 g/mol. The molecule has 1 heterocycles. The molecule has 0 fully saturated rings. The summed E-state index contributed by atoms with van der Waals surface area (Å²) in [6, 6.07) is 2.91. The van der Waals surface area contributed by atoms with Crippen LogP contribution < -0.4 is 0 Å². The predicted molar refractivity (Wildman–Crippen MR) is 56.9 cm³/mol. The molecular formula is C9H5BrClFN2. The minimum atomic E-state index is -0.355. The minimum absolute atomic E-state index is 0.341. The predicted octanol–water partition coefficient (Wildman–Crippen LogP) is 3.49. The lowest BCUT2D eigenvalue weighted by atomic mass is 10.2. The van der Waals surface area contributed by atoms with Crippen LogP contribution in [0.15, 0.2) is 16.6 Å². The van der Waals surface area contributed by atoms with Gasteiger partial charge in [-0.1, -0.05) is 11.6 Å². The average Bonchev–Trinajstić information content (AvgIpc) is 2.08. The third-order valence-corrected chi connectivity index (χ3v) is 2.70. The zero-order chi connectivity index (χ0) is 10.3. The Morgan fingerprint density at radius 3 is 2.79 bits per heavy atom. The van der Waals surface area contributed by atoms with Crippen LogP contribution in [0.2, 0.25) is 5.15 Å². The van der Waals surface area contributed by atoms with E-state index < -0.39 is 0 Å². The van der Waals surface area contributed by atoms with Crippen molar-refractivity contribution >= 4 is 38.4 Å². The van der Waals surface area contributed by atoms with Crippen molar-refractivity contribution in [2.24, 2.45) is 0 Å². The van der Waals surface area contributed by atoms with Crippen LogP contribution in [0.5, 0.6) is 0 Å². The molecule has 0 aliphatic rings. The van der Waals surface area contributed by atoms with E-state index in [1.54, 1.807) is 13.0 Å². The van der Waals surface area contributed by atoms with Gasteiger partial charge in [0, 0.05) is 11.5 Å². The zero-order valence-corrected chi connectivity index (χ0v) is 9.52. The van der Waals surface area contributed by atoms with Gasteiger partial charge in [-0.25, -0.2) is 14.4 Å². The quantitative estimate of drug-likeness (QED) is 0.688. The molecule has 14 heavy (non-hydrogen) atoms. The Balaban J connectivity index is 2.89. The molecule has 2 nitrogen and oxygen atoms in total. The lowest BCUT2D eigenvalue weighted by Crippen LogP contribution is -1.91. The van der Waals surface area contributed by atoms with Gasteiger partial charge < -0.3 is 0 Å². The fourth-order valence-electron chi connectivity index (χ4n) is 1.20. The summed E-state index contributed by atoms with van der Waals surface area (Å²) in [5.41, 5.74) is 0.517. The van der Waals surface area contributed by atoms with E-state index in [4.69, 9.17) is 11.6 Å². The molecule has 1 aromatic carbocycles. The number of benzene rings is 1. The Morgan fingerprint density at radius 2 is 2.07 bits per heavy atom. The molecule has 0 amide bonds. The molecule has 0 unspecified atom stereocenters. The summed E-state index contributed by atoms with van der Waals surface area (Å²) in [7, 11) is 0. The van der Waals surface area contributed by atoms with Crippen molar-refractivity contribution in [3.8, 4) is 0 Å². The van der Waals surface area contributed by atoms with Crippen molar-refractivity contribution in [1.29, 1.82) is 0 Å². The number of hydrogen-bond acceptors (Lipinski definition) is 2. The smallest absolute Gasteiger partial charge is 0.140 e. The monoisotopic (exact) mass is 274 g/mol. The molecule has 0 saturated carbocycles. The molecule has 0 aliphatic carbocycles. The Bertz CT molecular complexity index is 516. The summed E-state index contributed by atoms with van der Waals surface area (Å²) in [6.07, 6.45) is 0. The molecule has 72 valence electrons. The van der Waals surface area contributed by atoms with Gasteiger partial charge >= 0.3 is 0 Å². The SMILES string of the molecule is Cc1nc(Cl)c2cc(Br)c(F)cc2n1. The van der Waals surface area contributed by atoms with Crippen LogP contribution in [0.25, 0.3) is 10.9 Å². The van der Waals surface area contributed by atoms with Gasteiger partial charge in [-0.15, -0.1) is 0 Å². The normalized spacial score (nSPS) is 10.9. The van der Waals surface area contributed by atoms with Crippen LogP contribution in [0.4, 0.5) is 4.39 Å². The van der Waals surface area contributed by atoms with Gasteiger partial charge in [0.15, 0.2) is 0 Å². The molecule has 0 saturated heterocycles. The summed E-state index contributed by atoms with van der Waals surface area (Å²) in [5.74, 6) is 0.177. The van der Waals surface area contributed by atoms with Gasteiger partial charge in [0.2, 0.25) is 0 Å². The second kappa shape index (κ2) is 3.44. The van der Waals surface area contributed by atoms with E-state index >= 15 is 0 Å². The molecule has 0 atom stereocenters. The first-order valence-corrected chi connectivity index (χ1v) is 5.04. The van der Waals surface area contributed by atoms with E-state index in [0.29, 0.717) is 26.4 Å². The number of fused-ring (bicyclic) bond motifs is 1. The van der Waals surface area contributed by atoms with Crippen molar-refractivity contribution in [3.63, 3.8) is 0 Å². The van der Waals surface area contributed by atoms with Crippen LogP contribution in [0.1, 0.15) is 5.82 Å². The van der Waals surface area contributed by atoms with E-state index in [2.05, 4.69) is 25.9 Å². The lowest BCUT2D eigenvalue weighted by Gasteiger charge is -2.02. The summed E-state index contributed by atoms with van der Waals surface area (Å²) >= 11 is 8.97. The van der Waals surface area contributed by atoms with Gasteiger partial charge in [0.1, 0.15) is 16.8 Å².